The average molecular weight is 1380 g/mol. The maximum absolute atomic E-state index is 13.2. The van der Waals surface area contributed by atoms with E-state index in [4.69, 9.17) is 48.2 Å². The van der Waals surface area contributed by atoms with E-state index in [1.54, 1.807) is 32.6 Å². The van der Waals surface area contributed by atoms with Crippen LogP contribution >= 0.6 is 23.4 Å². The number of amides is 1. The molecule has 1 amide bonds. The van der Waals surface area contributed by atoms with E-state index in [0.717, 1.165) is 42.9 Å². The summed E-state index contributed by atoms with van der Waals surface area (Å²) in [5.74, 6) is 8.44. The van der Waals surface area contributed by atoms with E-state index in [1.807, 2.05) is 52.8 Å². The predicted molar refractivity (Wildman–Crippen MR) is 370 cm³/mol. The zero-order valence-corrected chi connectivity index (χ0v) is 57.0. The number of anilines is 3. The van der Waals surface area contributed by atoms with Crippen molar-refractivity contribution in [2.24, 2.45) is 28.8 Å². The van der Waals surface area contributed by atoms with E-state index in [9.17, 15) is 34.2 Å². The van der Waals surface area contributed by atoms with E-state index in [0.29, 0.717) is 52.1 Å². The van der Waals surface area contributed by atoms with E-state index < -0.39 is 29.3 Å². The van der Waals surface area contributed by atoms with Gasteiger partial charge in [0.1, 0.15) is 42.0 Å². The number of hydrogen-bond acceptors (Lipinski definition) is 21. The van der Waals surface area contributed by atoms with Crippen LogP contribution in [0.1, 0.15) is 125 Å². The first kappa shape index (κ1) is 72.9. The summed E-state index contributed by atoms with van der Waals surface area (Å²) < 4.78 is 21.7. The van der Waals surface area contributed by atoms with Crippen LogP contribution in [-0.4, -0.2) is 145 Å². The minimum absolute atomic E-state index is 0.0466. The first-order valence-electron chi connectivity index (χ1n) is 32.6. The molecule has 13 N–H and O–H groups in total. The summed E-state index contributed by atoms with van der Waals surface area (Å²) >= 11 is 7.27. The Labute approximate surface area is 571 Å². The summed E-state index contributed by atoms with van der Waals surface area (Å²) in [6, 6.07) is 27.5. The van der Waals surface area contributed by atoms with Gasteiger partial charge in [0.25, 0.3) is 5.56 Å². The number of ketones is 1. The minimum Gasteiger partial charge on any atom is -0.446 e. The second kappa shape index (κ2) is 33.7. The van der Waals surface area contributed by atoms with Crippen molar-refractivity contribution in [1.29, 1.82) is 0 Å². The zero-order valence-electron chi connectivity index (χ0n) is 55.4. The van der Waals surface area contributed by atoms with Gasteiger partial charge in [-0.2, -0.15) is 25.9 Å². The van der Waals surface area contributed by atoms with Crippen molar-refractivity contribution in [2.75, 3.05) is 56.0 Å². The van der Waals surface area contributed by atoms with Gasteiger partial charge >= 0.3 is 17.5 Å². The number of nitrogen functional groups attached to an aromatic ring is 2. The van der Waals surface area contributed by atoms with Gasteiger partial charge in [-0.1, -0.05) is 90.5 Å². The Kier molecular flexibility index (Phi) is 25.4. The number of allylic oxidation sites excluding steroid dienone is 1. The molecule has 2 bridgehead atoms. The van der Waals surface area contributed by atoms with Crippen LogP contribution in [0, 0.1) is 24.7 Å². The second-order valence-electron chi connectivity index (χ2n) is 25.9. The number of nitrogens with zero attached hydrogens (tertiary/aromatic N) is 9. The van der Waals surface area contributed by atoms with Gasteiger partial charge in [-0.3, -0.25) is 28.6 Å². The number of Topliss-reactive ketones (excluding diaryl/α,β-unsaturated/α-hetero) is 1. The standard InChI is InChI=1S/C24H27NO2.C14H20ClNO.C12H16N6O.C10H15N5O4.C8H11N3O3S/c26-24(27-22-16-17-10-12-19(22)13-11-17)25-15-14-18-6-4-5-9-21(18)23(25)20-7-2-1-3-8-20;1-10(16-14(2,3)4)13(17)9-11-5-7-12(15)8-6-11;1-14-10-9-11(17-12(13)16-10)18(6-15-9)8-3-2-7(4-8)5-19;1-5-3-15(10(18)12-9(5)17)8-2-6(13-14-11)7(4-16)19-8;9-5-1-2-11(8(13)10-5)6-4-15-7(3-12)14-6/h1-9,17,19,22-23H,10-16H2;5-8,10,16H,9H2,1-4H3;2-3,6-8,19H,4-5H2,1H3,(H3,13,14,16,17);3,6-8,16H,2,4H2,1H3,(H2,11,13)(H,12,17,18);1-2,6-7,12H,3-4H2,(H2,9,10,13)/p+1/t17?,19?,22?,23-;;;;6-,7+/m0...1/s1. The van der Waals surface area contributed by atoms with Crippen LogP contribution in [0.4, 0.5) is 22.4 Å². The lowest BCUT2D eigenvalue weighted by Crippen LogP contribution is -2.77. The largest absolute Gasteiger partial charge is 0.446 e. The third-order valence-corrected chi connectivity index (χ3v) is 19.2. The molecule has 14 rings (SSSR count). The molecule has 0 spiro atoms. The van der Waals surface area contributed by atoms with Crippen LogP contribution in [0.15, 0.2) is 135 Å². The predicted octanol–water partition coefficient (Wildman–Crippen LogP) is 5.44. The second-order valence-corrected chi connectivity index (χ2v) is 27.5. The highest BCUT2D eigenvalue weighted by atomic mass is 35.5. The van der Waals surface area contributed by atoms with E-state index >= 15 is 0 Å². The zero-order chi connectivity index (χ0) is 69.5. The van der Waals surface area contributed by atoms with Gasteiger partial charge < -0.3 is 56.2 Å². The molecule has 27 nitrogen and oxygen atoms in total. The number of aryl methyl sites for hydroxylation is 1. The van der Waals surface area contributed by atoms with Gasteiger partial charge in [0.2, 0.25) is 5.95 Å². The van der Waals surface area contributed by atoms with E-state index in [1.165, 1.54) is 63.9 Å². The third-order valence-electron chi connectivity index (χ3n) is 17.9. The molecule has 4 aliphatic carbocycles. The quantitative estimate of drug-likeness (QED) is 0.0280. The number of H-pyrrole nitrogens is 1. The molecule has 7 heterocycles. The summed E-state index contributed by atoms with van der Waals surface area (Å²) in [5.41, 5.74) is 15.9. The molecule has 3 aliphatic heterocycles. The Bertz CT molecular complexity index is 4010. The van der Waals surface area contributed by atoms with Crippen molar-refractivity contribution in [3.8, 4) is 0 Å². The minimum atomic E-state index is -0.584. The van der Waals surface area contributed by atoms with Crippen LogP contribution in [0.25, 0.3) is 11.2 Å². The Morgan fingerprint density at radius 2 is 1.61 bits per heavy atom. The smallest absolute Gasteiger partial charge is 0.410 e. The maximum Gasteiger partial charge on any atom is 0.410 e. The van der Waals surface area contributed by atoms with Gasteiger partial charge in [0.05, 0.1) is 42.9 Å². The number of nitrogens with one attached hydrogen (secondary N) is 4. The van der Waals surface area contributed by atoms with Crippen molar-refractivity contribution < 1.29 is 44.2 Å². The SMILES string of the molecule is CC(NC(C)(C)C)C(=O)Cc1ccc(Cl)cc1.CNc1nc(N)nc2c1ncn2C1C=CC(CO)C1.Cc1cn(C2CC([NH+]=NN)C(CO)O2)c(=O)[nH]c1=O.Nc1ccn([C@H]2CS[C@@H](CO)O2)c(=O)n1.O=C(OC1CC2CCC1CC2)N1CCc2ccccc2[C@@H]1c1ccccc1. The Morgan fingerprint density at radius 1 is 0.876 bits per heavy atom. The number of nitrogens with two attached hydrogens (primary N) is 3. The van der Waals surface area contributed by atoms with Crippen LogP contribution < -0.4 is 50.0 Å². The van der Waals surface area contributed by atoms with Crippen molar-refractivity contribution in [2.45, 2.75) is 152 Å². The summed E-state index contributed by atoms with van der Waals surface area (Å²) in [4.78, 5) is 80.2. The van der Waals surface area contributed by atoms with Crippen molar-refractivity contribution >= 4 is 64.0 Å². The molecule has 7 aliphatic rings. The Morgan fingerprint density at radius 3 is 2.25 bits per heavy atom. The average Bonchev–Trinajstić information content (AvgIpc) is 1.22. The molecule has 4 aromatic heterocycles. The number of aromatic amines is 1. The number of carbonyl (C=O) groups is 2. The van der Waals surface area contributed by atoms with Crippen LogP contribution in [0.3, 0.4) is 0 Å². The number of ether oxygens (including phenoxy) is 3. The topological polar surface area (TPSA) is 388 Å². The van der Waals surface area contributed by atoms with Crippen molar-refractivity contribution in [3.05, 3.63) is 180 Å². The molecule has 29 heteroatoms. The molecular weight excluding hydrogens is 1280 g/mol. The van der Waals surface area contributed by atoms with Gasteiger partial charge in [-0.25, -0.2) is 19.4 Å². The lowest BCUT2D eigenvalue weighted by atomic mass is 9.69. The highest BCUT2D eigenvalue weighted by Gasteiger charge is 2.41. The molecule has 520 valence electrons. The van der Waals surface area contributed by atoms with Crippen molar-refractivity contribution in [1.82, 2.24) is 48.8 Å². The fourth-order valence-corrected chi connectivity index (χ4v) is 14.0. The number of benzene rings is 3. The summed E-state index contributed by atoms with van der Waals surface area (Å²) in [7, 11) is 1.78. The number of aromatic nitrogens is 8. The number of aliphatic hydroxyl groups is 3. The van der Waals surface area contributed by atoms with Gasteiger partial charge in [0, 0.05) is 73.2 Å². The molecule has 97 heavy (non-hydrogen) atoms. The van der Waals surface area contributed by atoms with E-state index in [-0.39, 0.29) is 96.9 Å². The first-order chi connectivity index (χ1) is 46.6. The summed E-state index contributed by atoms with van der Waals surface area (Å²) in [6.07, 6.45) is 16.1. The fourth-order valence-electron chi connectivity index (χ4n) is 13.0. The molecule has 2 saturated heterocycles. The number of aliphatic hydroxyl groups excluding tert-OH is 3. The lowest BCUT2D eigenvalue weighted by molar-refractivity contribution is -0.579. The number of thioether (sulfide) groups is 1. The molecule has 5 fully saturated rings. The number of fused-ring (bicyclic) bond motifs is 5. The summed E-state index contributed by atoms with van der Waals surface area (Å²) in [6.45, 7) is 10.3. The van der Waals surface area contributed by atoms with Gasteiger partial charge in [-0.05, 0) is 132 Å². The maximum atomic E-state index is 13.2. The van der Waals surface area contributed by atoms with Crippen LogP contribution in [-0.2, 0) is 31.8 Å². The highest BCUT2D eigenvalue weighted by molar-refractivity contribution is 8.00. The number of hydrogen-bond donors (Lipinski definition) is 10. The van der Waals surface area contributed by atoms with E-state index in [2.05, 4.69) is 121 Å². The number of rotatable bonds is 14. The number of carbonyl (C=O) groups excluding carboxylic acids is 2. The molecule has 7 unspecified atom stereocenters. The summed E-state index contributed by atoms with van der Waals surface area (Å²) in [5, 5.41) is 40.1. The normalized spacial score (nSPS) is 24.1. The highest BCUT2D eigenvalue weighted by Crippen LogP contribution is 2.44. The fraction of sp³-hybridized carbons (Fsp3) is 0.485. The molecule has 3 saturated carbocycles. The first-order valence-corrected chi connectivity index (χ1v) is 34.1. The van der Waals surface area contributed by atoms with Crippen LogP contribution in [0.2, 0.25) is 5.02 Å². The Balaban J connectivity index is 0.000000144. The van der Waals surface area contributed by atoms with Gasteiger partial charge in [-0.15, -0.1) is 11.8 Å². The monoisotopic (exact) mass is 1370 g/mol. The Hall–Kier alpha value is -8.35. The molecule has 10 atom stereocenters. The third kappa shape index (κ3) is 19.1. The van der Waals surface area contributed by atoms with Gasteiger partial charge in [0.15, 0.2) is 22.8 Å². The molecule has 7 aromatic rings. The number of halogens is 1. The molecule has 0 radical (unpaired) electrons. The van der Waals surface area contributed by atoms with Crippen LogP contribution in [0.5, 0.6) is 0 Å². The molecule has 3 aromatic carbocycles. The van der Waals surface area contributed by atoms with Crippen molar-refractivity contribution in [3.63, 3.8) is 0 Å². The molecular formula is C68H90ClN16O11S+. The lowest BCUT2D eigenvalue weighted by Gasteiger charge is -2.43. The number of imidazole rings is 1.